The number of benzene rings is 3. The average molecular weight is 585 g/mol. The number of nitrogens with zero attached hydrogens (tertiary/aromatic N) is 4. The third-order valence-corrected chi connectivity index (χ3v) is 6.86. The summed E-state index contributed by atoms with van der Waals surface area (Å²) in [5.41, 5.74) is 1.89. The first-order chi connectivity index (χ1) is 19.2. The van der Waals surface area contributed by atoms with E-state index in [1.54, 1.807) is 48.5 Å². The minimum atomic E-state index is -2.62. The number of carbonyl (C=O) groups excluding carboxylic acids is 1. The average Bonchev–Trinajstić information content (AvgIpc) is 2.94. The van der Waals surface area contributed by atoms with Crippen LogP contribution in [0.2, 0.25) is 5.02 Å². The van der Waals surface area contributed by atoms with Gasteiger partial charge in [0.1, 0.15) is 11.5 Å². The van der Waals surface area contributed by atoms with Gasteiger partial charge in [0.2, 0.25) is 0 Å². The molecule has 4 aromatic rings. The highest BCUT2D eigenvalue weighted by Crippen LogP contribution is 2.37. The molecule has 0 aliphatic carbocycles. The number of carbonyl (C=O) groups is 1. The van der Waals surface area contributed by atoms with Crippen molar-refractivity contribution in [3.63, 3.8) is 0 Å². The van der Waals surface area contributed by atoms with E-state index in [4.69, 9.17) is 21.1 Å². The summed E-state index contributed by atoms with van der Waals surface area (Å²) in [5, 5.41) is 6.35. The van der Waals surface area contributed by atoms with E-state index in [2.05, 4.69) is 20.6 Å². The molecule has 3 N–H and O–H groups in total. The summed E-state index contributed by atoms with van der Waals surface area (Å²) in [4.78, 5) is 24.3. The molecule has 0 spiro atoms. The molecule has 11 nitrogen and oxygen atoms in total. The highest BCUT2D eigenvalue weighted by atomic mass is 35.5. The van der Waals surface area contributed by atoms with Crippen LogP contribution >= 0.6 is 11.6 Å². The van der Waals surface area contributed by atoms with Crippen molar-refractivity contribution < 1.29 is 23.0 Å². The number of hydrogen-bond acceptors (Lipinski definition) is 8. The molecular weight excluding hydrogens is 556 g/mol. The van der Waals surface area contributed by atoms with Crippen LogP contribution in [0.1, 0.15) is 10.4 Å². The molecule has 0 saturated carbocycles. The fourth-order valence-corrected chi connectivity index (χ4v) is 4.58. The van der Waals surface area contributed by atoms with E-state index in [0.29, 0.717) is 46.3 Å². The summed E-state index contributed by atoms with van der Waals surface area (Å²) >= 11 is 3.82. The van der Waals surface area contributed by atoms with E-state index >= 15 is 0 Å². The molecule has 0 saturated heterocycles. The lowest BCUT2D eigenvalue weighted by molar-refractivity contribution is 0.0948. The Morgan fingerprint density at radius 2 is 1.75 bits per heavy atom. The maximum Gasteiger partial charge on any atom is 0.268 e. The van der Waals surface area contributed by atoms with Gasteiger partial charge in [-0.2, -0.15) is 0 Å². The second kappa shape index (κ2) is 12.9. The summed E-state index contributed by atoms with van der Waals surface area (Å²) in [6, 6.07) is 16.7. The molecule has 40 heavy (non-hydrogen) atoms. The van der Waals surface area contributed by atoms with Gasteiger partial charge in [0.15, 0.2) is 11.6 Å². The topological polar surface area (TPSA) is 129 Å². The maximum absolute atomic E-state index is 13.0. The third-order valence-electron chi connectivity index (χ3n) is 5.83. The molecule has 1 aromatic heterocycles. The van der Waals surface area contributed by atoms with Crippen LogP contribution in [0.25, 0.3) is 11.0 Å². The van der Waals surface area contributed by atoms with Crippen molar-refractivity contribution in [2.45, 2.75) is 0 Å². The van der Waals surface area contributed by atoms with E-state index in [1.807, 2.05) is 25.1 Å². The van der Waals surface area contributed by atoms with Crippen LogP contribution in [-0.2, 0) is 11.3 Å². The largest absolute Gasteiger partial charge is 0.497 e. The molecule has 1 heterocycles. The Balaban J connectivity index is 1.83. The smallest absolute Gasteiger partial charge is 0.268 e. The molecule has 1 atom stereocenters. The van der Waals surface area contributed by atoms with Crippen LogP contribution in [0.15, 0.2) is 60.7 Å². The Hall–Kier alpha value is -3.97. The van der Waals surface area contributed by atoms with Crippen LogP contribution < -0.4 is 24.4 Å². The van der Waals surface area contributed by atoms with Crippen LogP contribution in [0, 0.1) is 0 Å². The number of likely N-dealkylation sites (N-methyl/N-ethyl adjacent to an activating group) is 1. The van der Waals surface area contributed by atoms with Crippen LogP contribution in [0.4, 0.5) is 23.0 Å². The molecule has 1 amide bonds. The van der Waals surface area contributed by atoms with Gasteiger partial charge in [-0.1, -0.05) is 23.7 Å². The highest BCUT2D eigenvalue weighted by molar-refractivity contribution is 7.81. The molecule has 0 bridgehead atoms. The zero-order valence-electron chi connectivity index (χ0n) is 22.3. The number of aromatic nitrogens is 2. The van der Waals surface area contributed by atoms with Crippen molar-refractivity contribution >= 4 is 62.8 Å². The molecule has 4 rings (SSSR count). The van der Waals surface area contributed by atoms with Gasteiger partial charge >= 0.3 is 0 Å². The fraction of sp³-hybridized carbons (Fsp3) is 0.222. The van der Waals surface area contributed by atoms with Crippen molar-refractivity contribution in [1.82, 2.24) is 20.2 Å². The normalized spacial score (nSPS) is 11.8. The number of amides is 1. The number of methoxy groups -OCH3 is 2. The van der Waals surface area contributed by atoms with Crippen LogP contribution in [0.5, 0.6) is 11.5 Å². The monoisotopic (exact) mass is 584 g/mol. The predicted octanol–water partition coefficient (Wildman–Crippen LogP) is 4.61. The lowest BCUT2D eigenvalue weighted by atomic mass is 10.1. The zero-order valence-corrected chi connectivity index (χ0v) is 23.9. The number of hydrogen-bond donors (Lipinski definition) is 3. The zero-order chi connectivity index (χ0) is 28.8. The summed E-state index contributed by atoms with van der Waals surface area (Å²) in [6.45, 7) is 1.04. The number of rotatable bonds is 11. The van der Waals surface area contributed by atoms with E-state index in [-0.39, 0.29) is 22.9 Å². The first kappa shape index (κ1) is 29.0. The van der Waals surface area contributed by atoms with Crippen molar-refractivity contribution in [3.8, 4) is 11.5 Å². The first-order valence-electron chi connectivity index (χ1n) is 12.1. The SMILES string of the molecule is COc1ccc(Cl)c(Nc2nc3ccccc3nc2N(c2ccc(OC)c(C(=O)NCCN(C)C)c2)S(=O)O)c1. The Labute approximate surface area is 239 Å². The van der Waals surface area contributed by atoms with Gasteiger partial charge in [0.05, 0.1) is 47.2 Å². The lowest BCUT2D eigenvalue weighted by Gasteiger charge is -2.23. The van der Waals surface area contributed by atoms with Gasteiger partial charge in [0.25, 0.3) is 17.2 Å². The maximum atomic E-state index is 13.0. The van der Waals surface area contributed by atoms with E-state index in [1.165, 1.54) is 20.3 Å². The predicted molar refractivity (Wildman–Crippen MR) is 158 cm³/mol. The summed E-state index contributed by atoms with van der Waals surface area (Å²) in [7, 11) is 6.78. The number of anilines is 4. The van der Waals surface area contributed by atoms with Crippen molar-refractivity contribution in [2.75, 3.05) is 51.0 Å². The first-order valence-corrected chi connectivity index (χ1v) is 13.6. The van der Waals surface area contributed by atoms with Gasteiger partial charge in [-0.3, -0.25) is 9.35 Å². The molecule has 0 aliphatic heterocycles. The molecule has 13 heteroatoms. The second-order valence-corrected chi connectivity index (χ2v) is 10.1. The van der Waals surface area contributed by atoms with Gasteiger partial charge in [-0.15, -0.1) is 0 Å². The van der Waals surface area contributed by atoms with Crippen LogP contribution in [-0.4, -0.2) is 70.9 Å². The molecule has 210 valence electrons. The number of halogens is 1. The van der Waals surface area contributed by atoms with Gasteiger partial charge in [-0.05, 0) is 56.6 Å². The summed E-state index contributed by atoms with van der Waals surface area (Å²) in [6.07, 6.45) is 0. The standard InChI is InChI=1S/C27H29ClN6O5S/c1-33(2)14-13-29-27(35)19-15-17(9-12-24(19)39-4)34(40(36)37)26-25(30-21-7-5-6-8-22(21)32-26)31-23-16-18(38-3)10-11-20(23)28/h5-12,15-16H,13-14H2,1-4H3,(H,29,35)(H,30,31)(H,36,37). The molecule has 0 radical (unpaired) electrons. The number of para-hydroxylation sites is 2. The summed E-state index contributed by atoms with van der Waals surface area (Å²) < 4.78 is 35.1. The Morgan fingerprint density at radius 1 is 1.02 bits per heavy atom. The molecule has 0 fully saturated rings. The Morgan fingerprint density at radius 3 is 2.40 bits per heavy atom. The van der Waals surface area contributed by atoms with Gasteiger partial charge < -0.3 is 25.0 Å². The molecule has 3 aromatic carbocycles. The third kappa shape index (κ3) is 6.59. The fourth-order valence-electron chi connectivity index (χ4n) is 3.85. The highest BCUT2D eigenvalue weighted by Gasteiger charge is 2.25. The van der Waals surface area contributed by atoms with Crippen molar-refractivity contribution in [2.24, 2.45) is 0 Å². The second-order valence-electron chi connectivity index (χ2n) is 8.82. The molecule has 1 unspecified atom stereocenters. The number of ether oxygens (including phenoxy) is 2. The van der Waals surface area contributed by atoms with E-state index < -0.39 is 17.2 Å². The molecule has 0 aliphatic rings. The quantitative estimate of drug-likeness (QED) is 0.216. The van der Waals surface area contributed by atoms with Crippen LogP contribution in [0.3, 0.4) is 0 Å². The number of fused-ring (bicyclic) bond motifs is 1. The Bertz CT molecular complexity index is 1550. The minimum Gasteiger partial charge on any atom is -0.497 e. The van der Waals surface area contributed by atoms with Crippen molar-refractivity contribution in [3.05, 3.63) is 71.2 Å². The lowest BCUT2D eigenvalue weighted by Crippen LogP contribution is -2.31. The van der Waals surface area contributed by atoms with Gasteiger partial charge in [0, 0.05) is 19.2 Å². The Kier molecular flexibility index (Phi) is 9.38. The van der Waals surface area contributed by atoms with E-state index in [0.717, 1.165) is 4.31 Å². The molecular formula is C27H29ClN6O5S. The van der Waals surface area contributed by atoms with Gasteiger partial charge in [-0.25, -0.2) is 18.5 Å². The minimum absolute atomic E-state index is 0.0301. The summed E-state index contributed by atoms with van der Waals surface area (Å²) in [5.74, 6) is 0.646. The van der Waals surface area contributed by atoms with E-state index in [9.17, 15) is 13.6 Å². The van der Waals surface area contributed by atoms with Crippen molar-refractivity contribution in [1.29, 1.82) is 0 Å². The number of nitrogens with one attached hydrogen (secondary N) is 2.